The van der Waals surface area contributed by atoms with Gasteiger partial charge in [-0.3, -0.25) is 14.5 Å². The third-order valence-electron chi connectivity index (χ3n) is 3.51. The first-order valence-corrected chi connectivity index (χ1v) is 7.78. The second-order valence-electron chi connectivity index (χ2n) is 5.34. The van der Waals surface area contributed by atoms with E-state index in [0.29, 0.717) is 12.1 Å². The van der Waals surface area contributed by atoms with Crippen molar-refractivity contribution in [3.63, 3.8) is 0 Å². The normalized spacial score (nSPS) is 13.5. The minimum atomic E-state index is -0.378. The van der Waals surface area contributed by atoms with Crippen LogP contribution >= 0.6 is 12.4 Å². The van der Waals surface area contributed by atoms with Gasteiger partial charge in [0, 0.05) is 18.7 Å². The summed E-state index contributed by atoms with van der Waals surface area (Å²) in [6, 6.07) is 6.52. The molecule has 1 saturated heterocycles. The van der Waals surface area contributed by atoms with Gasteiger partial charge in [-0.15, -0.1) is 12.4 Å². The summed E-state index contributed by atoms with van der Waals surface area (Å²) in [7, 11) is 0. The van der Waals surface area contributed by atoms with Crippen LogP contribution in [0.4, 0.5) is 4.79 Å². The Kier molecular flexibility index (Phi) is 8.21. The van der Waals surface area contributed by atoms with Crippen molar-refractivity contribution in [1.82, 2.24) is 20.9 Å². The molecule has 0 atom stereocenters. The van der Waals surface area contributed by atoms with Gasteiger partial charge in [-0.2, -0.15) is 0 Å². The predicted octanol–water partition coefficient (Wildman–Crippen LogP) is 0.890. The third kappa shape index (κ3) is 5.50. The molecule has 7 nitrogen and oxygen atoms in total. The summed E-state index contributed by atoms with van der Waals surface area (Å²) in [6.45, 7) is 4.60. The Hall–Kier alpha value is -2.12. The highest BCUT2D eigenvalue weighted by Crippen LogP contribution is 2.10. The maximum Gasteiger partial charge on any atom is 0.324 e. The van der Waals surface area contributed by atoms with Gasteiger partial charge in [0.2, 0.25) is 5.91 Å². The van der Waals surface area contributed by atoms with Crippen molar-refractivity contribution in [2.75, 3.05) is 26.2 Å². The Balaban J connectivity index is 0.00000288. The lowest BCUT2D eigenvalue weighted by atomic mass is 10.1. The Morgan fingerprint density at radius 2 is 1.88 bits per heavy atom. The second-order valence-corrected chi connectivity index (χ2v) is 5.34. The number of urea groups is 1. The number of nitrogens with zero attached hydrogens (tertiary/aromatic N) is 1. The van der Waals surface area contributed by atoms with Gasteiger partial charge in [0.05, 0.1) is 13.1 Å². The number of carbonyl (C=O) groups is 3. The van der Waals surface area contributed by atoms with Crippen molar-refractivity contribution in [2.45, 2.75) is 19.9 Å². The number of carbonyl (C=O) groups excluding carboxylic acids is 3. The van der Waals surface area contributed by atoms with Crippen molar-refractivity contribution in [1.29, 1.82) is 0 Å². The van der Waals surface area contributed by atoms with Crippen LogP contribution in [0.5, 0.6) is 0 Å². The topological polar surface area (TPSA) is 90.5 Å². The summed E-state index contributed by atoms with van der Waals surface area (Å²) in [5, 5.41) is 8.52. The second kappa shape index (κ2) is 9.89. The SMILES string of the molecule is CCCNCCNC(=O)c1ccc(CN2C(=O)CNC2=O)cc1.Cl. The maximum atomic E-state index is 12.0. The number of hydrogen-bond acceptors (Lipinski definition) is 4. The van der Waals surface area contributed by atoms with Crippen LogP contribution in [0.2, 0.25) is 0 Å². The van der Waals surface area contributed by atoms with E-state index in [1.165, 1.54) is 0 Å². The van der Waals surface area contributed by atoms with E-state index in [-0.39, 0.29) is 43.3 Å². The number of rotatable bonds is 8. The van der Waals surface area contributed by atoms with Crippen LogP contribution in [-0.2, 0) is 11.3 Å². The molecule has 3 N–H and O–H groups in total. The van der Waals surface area contributed by atoms with Crippen LogP contribution in [0.15, 0.2) is 24.3 Å². The third-order valence-corrected chi connectivity index (χ3v) is 3.51. The fourth-order valence-electron chi connectivity index (χ4n) is 2.23. The number of benzene rings is 1. The smallest absolute Gasteiger partial charge is 0.324 e. The highest BCUT2D eigenvalue weighted by molar-refractivity contribution is 6.01. The van der Waals surface area contributed by atoms with Gasteiger partial charge in [0.1, 0.15) is 0 Å². The van der Waals surface area contributed by atoms with Crippen LogP contribution in [0.3, 0.4) is 0 Å². The summed E-state index contributed by atoms with van der Waals surface area (Å²) in [5.41, 5.74) is 1.36. The predicted molar refractivity (Wildman–Crippen MR) is 93.1 cm³/mol. The molecule has 8 heteroatoms. The molecular formula is C16H23ClN4O3. The van der Waals surface area contributed by atoms with E-state index in [9.17, 15) is 14.4 Å². The van der Waals surface area contributed by atoms with Gasteiger partial charge in [-0.05, 0) is 30.7 Å². The molecule has 0 spiro atoms. The van der Waals surface area contributed by atoms with Gasteiger partial charge >= 0.3 is 6.03 Å². The van der Waals surface area contributed by atoms with Gasteiger partial charge < -0.3 is 16.0 Å². The molecular weight excluding hydrogens is 332 g/mol. The quantitative estimate of drug-likeness (QED) is 0.477. The molecule has 0 aliphatic carbocycles. The molecule has 4 amide bonds. The number of imide groups is 1. The average Bonchev–Trinajstić information content (AvgIpc) is 2.87. The standard InChI is InChI=1S/C16H22N4O3.ClH/c1-2-7-17-8-9-18-15(22)13-5-3-12(4-6-13)11-20-14(21)10-19-16(20)23;/h3-6,17H,2,7-11H2,1H3,(H,18,22)(H,19,23);1H. The Labute approximate surface area is 147 Å². The lowest BCUT2D eigenvalue weighted by Gasteiger charge is -2.12. The minimum Gasteiger partial charge on any atom is -0.351 e. The van der Waals surface area contributed by atoms with Gasteiger partial charge in [-0.25, -0.2) is 4.79 Å². The first kappa shape index (κ1) is 19.9. The van der Waals surface area contributed by atoms with Gasteiger partial charge in [-0.1, -0.05) is 19.1 Å². The summed E-state index contributed by atoms with van der Waals surface area (Å²) in [4.78, 5) is 36.1. The maximum absolute atomic E-state index is 12.0. The first-order chi connectivity index (χ1) is 11.1. The van der Waals surface area contributed by atoms with Crippen LogP contribution in [-0.4, -0.2) is 48.9 Å². The van der Waals surface area contributed by atoms with E-state index in [1.54, 1.807) is 24.3 Å². The van der Waals surface area contributed by atoms with E-state index < -0.39 is 0 Å². The molecule has 1 aromatic rings. The lowest BCUT2D eigenvalue weighted by Crippen LogP contribution is -2.32. The van der Waals surface area contributed by atoms with Crippen LogP contribution in [0.1, 0.15) is 29.3 Å². The first-order valence-electron chi connectivity index (χ1n) is 7.78. The summed E-state index contributed by atoms with van der Waals surface area (Å²) in [6.07, 6.45) is 1.06. The molecule has 2 rings (SSSR count). The average molecular weight is 355 g/mol. The molecule has 0 aromatic heterocycles. The number of amides is 4. The number of hydrogen-bond donors (Lipinski definition) is 3. The largest absolute Gasteiger partial charge is 0.351 e. The van der Waals surface area contributed by atoms with Crippen LogP contribution in [0, 0.1) is 0 Å². The number of halogens is 1. The minimum absolute atomic E-state index is 0. The fourth-order valence-corrected chi connectivity index (χ4v) is 2.23. The molecule has 1 aromatic carbocycles. The molecule has 0 unspecified atom stereocenters. The zero-order chi connectivity index (χ0) is 16.7. The molecule has 24 heavy (non-hydrogen) atoms. The monoisotopic (exact) mass is 354 g/mol. The van der Waals surface area contributed by atoms with E-state index in [4.69, 9.17) is 0 Å². The van der Waals surface area contributed by atoms with Crippen molar-refractivity contribution in [3.8, 4) is 0 Å². The summed E-state index contributed by atoms with van der Waals surface area (Å²) in [5.74, 6) is -0.374. The van der Waals surface area contributed by atoms with Crippen molar-refractivity contribution in [2.24, 2.45) is 0 Å². The summed E-state index contributed by atoms with van der Waals surface area (Å²) >= 11 is 0. The molecule has 132 valence electrons. The van der Waals surface area contributed by atoms with E-state index >= 15 is 0 Å². The molecule has 1 aliphatic rings. The zero-order valence-electron chi connectivity index (χ0n) is 13.6. The van der Waals surface area contributed by atoms with Gasteiger partial charge in [0.15, 0.2) is 0 Å². The van der Waals surface area contributed by atoms with Crippen molar-refractivity contribution < 1.29 is 14.4 Å². The zero-order valence-corrected chi connectivity index (χ0v) is 14.4. The van der Waals surface area contributed by atoms with Gasteiger partial charge in [0.25, 0.3) is 5.91 Å². The molecule has 1 fully saturated rings. The van der Waals surface area contributed by atoms with E-state index in [0.717, 1.165) is 30.0 Å². The lowest BCUT2D eigenvalue weighted by molar-refractivity contribution is -0.125. The molecule has 0 bridgehead atoms. The van der Waals surface area contributed by atoms with E-state index in [1.807, 2.05) is 0 Å². The Morgan fingerprint density at radius 1 is 1.17 bits per heavy atom. The number of nitrogens with one attached hydrogen (secondary N) is 3. The fraction of sp³-hybridized carbons (Fsp3) is 0.438. The highest BCUT2D eigenvalue weighted by Gasteiger charge is 2.28. The Morgan fingerprint density at radius 3 is 2.46 bits per heavy atom. The van der Waals surface area contributed by atoms with Crippen molar-refractivity contribution in [3.05, 3.63) is 35.4 Å². The molecule has 0 radical (unpaired) electrons. The molecule has 1 aliphatic heterocycles. The summed E-state index contributed by atoms with van der Waals surface area (Å²) < 4.78 is 0. The van der Waals surface area contributed by atoms with Crippen LogP contribution in [0.25, 0.3) is 0 Å². The molecule has 0 saturated carbocycles. The van der Waals surface area contributed by atoms with Crippen molar-refractivity contribution >= 4 is 30.3 Å². The highest BCUT2D eigenvalue weighted by atomic mass is 35.5. The molecule has 1 heterocycles. The Bertz CT molecular complexity index is 561. The van der Waals surface area contributed by atoms with E-state index in [2.05, 4.69) is 22.9 Å². The van der Waals surface area contributed by atoms with Crippen LogP contribution < -0.4 is 16.0 Å².